The molecule has 0 aliphatic heterocycles. The van der Waals surface area contributed by atoms with Crippen LogP contribution in [0.3, 0.4) is 0 Å². The Labute approximate surface area is 238 Å². The van der Waals surface area contributed by atoms with E-state index >= 15 is 0 Å². The van der Waals surface area contributed by atoms with Gasteiger partial charge in [0.1, 0.15) is 11.5 Å². The lowest BCUT2D eigenvalue weighted by molar-refractivity contribution is -0.284. The van der Waals surface area contributed by atoms with Gasteiger partial charge in [-0.1, -0.05) is 12.1 Å². The van der Waals surface area contributed by atoms with E-state index in [-0.39, 0.29) is 30.3 Å². The van der Waals surface area contributed by atoms with Gasteiger partial charge in [-0.2, -0.15) is 22.0 Å². The van der Waals surface area contributed by atoms with Crippen molar-refractivity contribution in [3.05, 3.63) is 89.5 Å². The minimum Gasteiger partial charge on any atom is -0.494 e. The number of ether oxygens (including phenoxy) is 3. The second-order valence-electron chi connectivity index (χ2n) is 9.25. The largest absolute Gasteiger partial charge is 0.494 e. The lowest BCUT2D eigenvalue weighted by Gasteiger charge is -2.19. The molecular formula is C30H29F5N2O5. The number of halogens is 5. The molecule has 0 bridgehead atoms. The molecule has 3 rings (SSSR count). The van der Waals surface area contributed by atoms with Crippen LogP contribution in [0.1, 0.15) is 40.7 Å². The van der Waals surface area contributed by atoms with Gasteiger partial charge in [0.15, 0.2) is 0 Å². The van der Waals surface area contributed by atoms with Crippen LogP contribution < -0.4 is 20.9 Å². The quantitative estimate of drug-likeness (QED) is 0.0573. The number of nitrogen functional groups attached to an aromatic ring is 2. The van der Waals surface area contributed by atoms with Crippen LogP contribution in [-0.2, 0) is 16.0 Å². The van der Waals surface area contributed by atoms with Gasteiger partial charge >= 0.3 is 24.0 Å². The third kappa shape index (κ3) is 10.1. The normalized spacial score (nSPS) is 11.8. The Hall–Kier alpha value is -4.61. The summed E-state index contributed by atoms with van der Waals surface area (Å²) in [6.07, 6.45) is -3.41. The highest BCUT2D eigenvalue weighted by molar-refractivity contribution is 5.91. The summed E-state index contributed by atoms with van der Waals surface area (Å²) >= 11 is 0. The molecule has 3 aromatic carbocycles. The average Bonchev–Trinajstić information content (AvgIpc) is 2.92. The summed E-state index contributed by atoms with van der Waals surface area (Å²) in [7, 11) is 0. The van der Waals surface area contributed by atoms with Crippen molar-refractivity contribution in [1.82, 2.24) is 0 Å². The molecule has 224 valence electrons. The van der Waals surface area contributed by atoms with Crippen molar-refractivity contribution in [3.63, 3.8) is 0 Å². The average molecular weight is 593 g/mol. The summed E-state index contributed by atoms with van der Waals surface area (Å²) in [5.41, 5.74) is 14.5. The second kappa shape index (κ2) is 14.3. The zero-order valence-electron chi connectivity index (χ0n) is 22.3. The van der Waals surface area contributed by atoms with Gasteiger partial charge < -0.3 is 25.7 Å². The molecule has 0 amide bonds. The minimum atomic E-state index is -5.60. The number of aryl methyl sites for hydroxylation is 1. The van der Waals surface area contributed by atoms with Gasteiger partial charge in [0.05, 0.1) is 18.8 Å². The number of carbonyl (C=O) groups is 2. The van der Waals surface area contributed by atoms with Gasteiger partial charge in [0.2, 0.25) is 0 Å². The molecule has 0 radical (unpaired) electrons. The molecule has 4 N–H and O–H groups in total. The topological polar surface area (TPSA) is 114 Å². The van der Waals surface area contributed by atoms with Crippen LogP contribution >= 0.6 is 0 Å². The zero-order chi connectivity index (χ0) is 30.8. The lowest BCUT2D eigenvalue weighted by atomic mass is 10.1. The number of alkyl halides is 5. The Morgan fingerprint density at radius 3 is 2.02 bits per heavy atom. The van der Waals surface area contributed by atoms with Gasteiger partial charge in [-0.3, -0.25) is 0 Å². The molecule has 0 heterocycles. The van der Waals surface area contributed by atoms with Gasteiger partial charge in [-0.15, -0.1) is 0 Å². The van der Waals surface area contributed by atoms with E-state index in [9.17, 15) is 31.5 Å². The first-order valence-electron chi connectivity index (χ1n) is 12.8. The molecule has 3 aromatic rings. The summed E-state index contributed by atoms with van der Waals surface area (Å²) in [6, 6.07) is 17.1. The minimum absolute atomic E-state index is 0.164. The number of hydrogen-bond donors (Lipinski definition) is 2. The van der Waals surface area contributed by atoms with Crippen molar-refractivity contribution in [1.29, 1.82) is 0 Å². The maximum Gasteiger partial charge on any atom is 0.453 e. The molecule has 0 fully saturated rings. The molecule has 7 nitrogen and oxygen atoms in total. The van der Waals surface area contributed by atoms with E-state index in [1.165, 1.54) is 42.5 Å². The summed E-state index contributed by atoms with van der Waals surface area (Å²) in [6.45, 7) is -0.130. The van der Waals surface area contributed by atoms with Crippen LogP contribution in [-0.4, -0.2) is 37.3 Å². The van der Waals surface area contributed by atoms with E-state index in [0.29, 0.717) is 29.8 Å². The van der Waals surface area contributed by atoms with E-state index in [1.54, 1.807) is 24.3 Å². The van der Waals surface area contributed by atoms with Crippen LogP contribution in [0.5, 0.6) is 11.5 Å². The first kappa shape index (κ1) is 31.9. The van der Waals surface area contributed by atoms with E-state index in [0.717, 1.165) is 5.56 Å². The maximum absolute atomic E-state index is 12.9. The Morgan fingerprint density at radius 2 is 1.40 bits per heavy atom. The Kier molecular flexibility index (Phi) is 10.9. The van der Waals surface area contributed by atoms with Crippen molar-refractivity contribution in [2.24, 2.45) is 0 Å². The number of rotatable bonds is 13. The van der Waals surface area contributed by atoms with Crippen molar-refractivity contribution in [2.75, 3.05) is 24.7 Å². The SMILES string of the molecule is Nc1cc(N)cc(CCCOC(=O)C=Cc2ccc(OC(=O)c3ccc(OCCCC(F)(F)C(F)(F)F)cc3)cc2)c1. The monoisotopic (exact) mass is 592 g/mol. The Balaban J connectivity index is 1.39. The fourth-order valence-corrected chi connectivity index (χ4v) is 3.68. The molecule has 0 saturated carbocycles. The highest BCUT2D eigenvalue weighted by Gasteiger charge is 2.56. The van der Waals surface area contributed by atoms with E-state index in [1.807, 2.05) is 12.1 Å². The summed E-state index contributed by atoms with van der Waals surface area (Å²) in [5.74, 6) is -5.53. The Bertz CT molecular complexity index is 1350. The predicted octanol–water partition coefficient (Wildman–Crippen LogP) is 6.62. The second-order valence-corrected chi connectivity index (χ2v) is 9.25. The Morgan fingerprint density at radius 1 is 0.786 bits per heavy atom. The van der Waals surface area contributed by atoms with Gasteiger partial charge in [-0.05, 0) is 91.1 Å². The highest BCUT2D eigenvalue weighted by Crippen LogP contribution is 2.38. The third-order valence-electron chi connectivity index (χ3n) is 5.80. The molecule has 0 aliphatic rings. The van der Waals surface area contributed by atoms with Crippen molar-refractivity contribution >= 4 is 29.4 Å². The van der Waals surface area contributed by atoms with Crippen molar-refractivity contribution in [3.8, 4) is 11.5 Å². The standard InChI is InChI=1S/C30H29F5N2O5/c31-29(32,30(33,34)35)14-2-16-40-25-11-7-22(8-12-25)28(39)42-26-9-4-20(5-10-26)6-13-27(38)41-15-1-3-21-17-23(36)19-24(37)18-21/h4-13,17-19H,1-3,14-16,36-37H2. The molecular weight excluding hydrogens is 563 g/mol. The van der Waals surface area contributed by atoms with E-state index in [4.69, 9.17) is 25.7 Å². The van der Waals surface area contributed by atoms with Crippen LogP contribution in [0.25, 0.3) is 6.08 Å². The fraction of sp³-hybridized carbons (Fsp3) is 0.267. The van der Waals surface area contributed by atoms with Crippen LogP contribution in [0.15, 0.2) is 72.8 Å². The summed E-state index contributed by atoms with van der Waals surface area (Å²) < 4.78 is 78.1. The maximum atomic E-state index is 12.9. The van der Waals surface area contributed by atoms with E-state index < -0.39 is 36.9 Å². The fourth-order valence-electron chi connectivity index (χ4n) is 3.68. The van der Waals surface area contributed by atoms with Crippen LogP contribution in [0.2, 0.25) is 0 Å². The van der Waals surface area contributed by atoms with Crippen molar-refractivity contribution < 1.29 is 45.8 Å². The molecule has 0 unspecified atom stereocenters. The number of anilines is 2. The number of carbonyl (C=O) groups excluding carboxylic acids is 2. The zero-order valence-corrected chi connectivity index (χ0v) is 22.3. The third-order valence-corrected chi connectivity index (χ3v) is 5.80. The summed E-state index contributed by atoms with van der Waals surface area (Å²) in [4.78, 5) is 24.4. The van der Waals surface area contributed by atoms with Gasteiger partial charge in [0.25, 0.3) is 0 Å². The number of hydrogen-bond acceptors (Lipinski definition) is 7. The molecule has 0 saturated heterocycles. The molecule has 0 atom stereocenters. The molecule has 42 heavy (non-hydrogen) atoms. The molecule has 0 aromatic heterocycles. The first-order chi connectivity index (χ1) is 19.8. The van der Waals surface area contributed by atoms with Crippen molar-refractivity contribution in [2.45, 2.75) is 37.8 Å². The predicted molar refractivity (Wildman–Crippen MR) is 147 cm³/mol. The van der Waals surface area contributed by atoms with E-state index in [2.05, 4.69) is 0 Å². The molecule has 0 spiro atoms. The number of esters is 2. The number of nitrogens with two attached hydrogens (primary N) is 2. The smallest absolute Gasteiger partial charge is 0.453 e. The van der Waals surface area contributed by atoms with Crippen LogP contribution in [0, 0.1) is 0 Å². The number of benzene rings is 3. The lowest BCUT2D eigenvalue weighted by Crippen LogP contribution is -2.36. The van der Waals surface area contributed by atoms with Crippen LogP contribution in [0.4, 0.5) is 33.3 Å². The highest BCUT2D eigenvalue weighted by atomic mass is 19.4. The first-order valence-corrected chi connectivity index (χ1v) is 12.8. The molecule has 0 aliphatic carbocycles. The van der Waals surface area contributed by atoms with Gasteiger partial charge in [0, 0.05) is 23.9 Å². The summed E-state index contributed by atoms with van der Waals surface area (Å²) in [5, 5.41) is 0. The van der Waals surface area contributed by atoms with Gasteiger partial charge in [-0.25, -0.2) is 9.59 Å². The molecule has 12 heteroatoms.